The van der Waals surface area contributed by atoms with Gasteiger partial charge in [0.05, 0.1) is 0 Å². The molecule has 2 aromatic rings. The first-order valence-electron chi connectivity index (χ1n) is 6.24. The lowest BCUT2D eigenvalue weighted by Crippen LogP contribution is -2.17. The van der Waals surface area contributed by atoms with Crippen LogP contribution in [0.15, 0.2) is 46.9 Å². The molecule has 0 aliphatic rings. The van der Waals surface area contributed by atoms with Crippen LogP contribution in [0.2, 0.25) is 0 Å². The van der Waals surface area contributed by atoms with Crippen LogP contribution in [-0.2, 0) is 6.54 Å². The summed E-state index contributed by atoms with van der Waals surface area (Å²) in [7, 11) is 1.89. The summed E-state index contributed by atoms with van der Waals surface area (Å²) in [5, 5.41) is 0. The van der Waals surface area contributed by atoms with Gasteiger partial charge in [0.1, 0.15) is 5.82 Å². The molecule has 0 aromatic heterocycles. The Bertz CT molecular complexity index is 642. The number of ketones is 1. The molecule has 0 heterocycles. The number of nitrogens with zero attached hydrogens (tertiary/aromatic N) is 1. The summed E-state index contributed by atoms with van der Waals surface area (Å²) in [5.74, 6) is -0.195. The van der Waals surface area contributed by atoms with Gasteiger partial charge < -0.3 is 4.90 Å². The van der Waals surface area contributed by atoms with E-state index in [9.17, 15) is 9.18 Å². The normalized spacial score (nSPS) is 10.4. The fourth-order valence-corrected chi connectivity index (χ4v) is 2.65. The number of carbonyl (C=O) groups excluding carboxylic acids is 1. The number of carbonyl (C=O) groups is 1. The second-order valence-electron chi connectivity index (χ2n) is 4.67. The topological polar surface area (TPSA) is 20.3 Å². The molecule has 20 heavy (non-hydrogen) atoms. The molecular weight excluding hydrogens is 321 g/mol. The molecule has 104 valence electrons. The van der Waals surface area contributed by atoms with Gasteiger partial charge in [-0.2, -0.15) is 0 Å². The minimum atomic E-state index is -0.209. The molecule has 0 aliphatic carbocycles. The summed E-state index contributed by atoms with van der Waals surface area (Å²) in [4.78, 5) is 13.3. The van der Waals surface area contributed by atoms with Gasteiger partial charge in [0.25, 0.3) is 0 Å². The highest BCUT2D eigenvalue weighted by atomic mass is 79.9. The van der Waals surface area contributed by atoms with Gasteiger partial charge in [0.15, 0.2) is 5.78 Å². The molecule has 0 aliphatic heterocycles. The Kier molecular flexibility index (Phi) is 4.55. The molecule has 0 N–H and O–H groups in total. The van der Waals surface area contributed by atoms with E-state index in [1.807, 2.05) is 30.1 Å². The molecule has 0 fully saturated rings. The van der Waals surface area contributed by atoms with Crippen LogP contribution in [0.1, 0.15) is 22.8 Å². The maximum Gasteiger partial charge on any atom is 0.160 e. The molecule has 0 atom stereocenters. The first kappa shape index (κ1) is 14.7. The molecule has 4 heteroatoms. The van der Waals surface area contributed by atoms with Crippen molar-refractivity contribution in [1.82, 2.24) is 0 Å². The van der Waals surface area contributed by atoms with E-state index < -0.39 is 0 Å². The molecule has 2 rings (SSSR count). The van der Waals surface area contributed by atoms with Gasteiger partial charge in [-0.25, -0.2) is 4.39 Å². The summed E-state index contributed by atoms with van der Waals surface area (Å²) in [5.41, 5.74) is 2.21. The molecule has 0 radical (unpaired) electrons. The average Bonchev–Trinajstić information content (AvgIpc) is 2.40. The number of anilines is 1. The van der Waals surface area contributed by atoms with Crippen molar-refractivity contribution in [2.24, 2.45) is 0 Å². The van der Waals surface area contributed by atoms with E-state index in [0.29, 0.717) is 17.7 Å². The van der Waals surface area contributed by atoms with Crippen LogP contribution in [0, 0.1) is 5.82 Å². The average molecular weight is 336 g/mol. The number of halogens is 2. The summed E-state index contributed by atoms with van der Waals surface area (Å²) in [6, 6.07) is 12.2. The third-order valence-electron chi connectivity index (χ3n) is 3.14. The molecule has 0 saturated heterocycles. The van der Waals surface area contributed by atoms with Crippen molar-refractivity contribution in [3.8, 4) is 0 Å². The SMILES string of the molecule is CC(=O)c1ccc(N(C)Cc2ccccc2F)cc1Br. The quantitative estimate of drug-likeness (QED) is 0.770. The van der Waals surface area contributed by atoms with Gasteiger partial charge in [0.2, 0.25) is 0 Å². The van der Waals surface area contributed by atoms with Crippen molar-refractivity contribution in [3.63, 3.8) is 0 Å². The molecule has 0 bridgehead atoms. The molecule has 0 amide bonds. The highest BCUT2D eigenvalue weighted by molar-refractivity contribution is 9.10. The molecule has 2 nitrogen and oxygen atoms in total. The highest BCUT2D eigenvalue weighted by Gasteiger charge is 2.10. The van der Waals surface area contributed by atoms with Crippen molar-refractivity contribution in [2.75, 3.05) is 11.9 Å². The number of benzene rings is 2. The zero-order valence-corrected chi connectivity index (χ0v) is 12.9. The lowest BCUT2D eigenvalue weighted by molar-refractivity contribution is 0.101. The lowest BCUT2D eigenvalue weighted by Gasteiger charge is -2.20. The van der Waals surface area contributed by atoms with E-state index in [1.165, 1.54) is 13.0 Å². The van der Waals surface area contributed by atoms with E-state index in [-0.39, 0.29) is 11.6 Å². The molecule has 0 unspecified atom stereocenters. The Hall–Kier alpha value is -1.68. The van der Waals surface area contributed by atoms with Crippen LogP contribution in [0.5, 0.6) is 0 Å². The lowest BCUT2D eigenvalue weighted by atomic mass is 10.1. The minimum absolute atomic E-state index is 0.0141. The standard InChI is InChI=1S/C16H15BrFNO/c1-11(20)14-8-7-13(9-15(14)17)19(2)10-12-5-3-4-6-16(12)18/h3-9H,10H2,1-2H3. The fourth-order valence-electron chi connectivity index (χ4n) is 2.00. The van der Waals surface area contributed by atoms with Gasteiger partial charge in [-0.3, -0.25) is 4.79 Å². The Morgan fingerprint density at radius 3 is 2.55 bits per heavy atom. The molecule has 0 saturated carbocycles. The zero-order valence-electron chi connectivity index (χ0n) is 11.4. The second-order valence-corrected chi connectivity index (χ2v) is 5.52. The Labute approximate surface area is 126 Å². The van der Waals surface area contributed by atoms with E-state index in [2.05, 4.69) is 15.9 Å². The van der Waals surface area contributed by atoms with Gasteiger partial charge >= 0.3 is 0 Å². The van der Waals surface area contributed by atoms with Crippen molar-refractivity contribution >= 4 is 27.4 Å². The van der Waals surface area contributed by atoms with Crippen LogP contribution >= 0.6 is 15.9 Å². The van der Waals surface area contributed by atoms with E-state index in [4.69, 9.17) is 0 Å². The number of rotatable bonds is 4. The van der Waals surface area contributed by atoms with Crippen LogP contribution in [-0.4, -0.2) is 12.8 Å². The summed E-state index contributed by atoms with van der Waals surface area (Å²) >= 11 is 3.39. The fraction of sp³-hybridized carbons (Fsp3) is 0.188. The van der Waals surface area contributed by atoms with E-state index in [1.54, 1.807) is 18.2 Å². The number of hydrogen-bond donors (Lipinski definition) is 0. The van der Waals surface area contributed by atoms with E-state index >= 15 is 0 Å². The monoisotopic (exact) mass is 335 g/mol. The summed E-state index contributed by atoms with van der Waals surface area (Å²) < 4.78 is 14.4. The molecule has 2 aromatic carbocycles. The summed E-state index contributed by atoms with van der Waals surface area (Å²) in [6.45, 7) is 2.00. The maximum atomic E-state index is 13.6. The smallest absolute Gasteiger partial charge is 0.160 e. The third kappa shape index (κ3) is 3.25. The number of hydrogen-bond acceptors (Lipinski definition) is 2. The largest absolute Gasteiger partial charge is 0.370 e. The van der Waals surface area contributed by atoms with Crippen molar-refractivity contribution in [1.29, 1.82) is 0 Å². The van der Waals surface area contributed by atoms with Gasteiger partial charge in [0, 0.05) is 34.9 Å². The minimum Gasteiger partial charge on any atom is -0.370 e. The first-order valence-corrected chi connectivity index (χ1v) is 7.03. The maximum absolute atomic E-state index is 13.6. The Balaban J connectivity index is 2.22. The first-order chi connectivity index (χ1) is 9.49. The van der Waals surface area contributed by atoms with Gasteiger partial charge in [-0.1, -0.05) is 18.2 Å². The van der Waals surface area contributed by atoms with Gasteiger partial charge in [-0.05, 0) is 47.1 Å². The zero-order chi connectivity index (χ0) is 14.7. The Morgan fingerprint density at radius 1 is 1.25 bits per heavy atom. The Morgan fingerprint density at radius 2 is 1.95 bits per heavy atom. The van der Waals surface area contributed by atoms with Crippen LogP contribution < -0.4 is 4.90 Å². The highest BCUT2D eigenvalue weighted by Crippen LogP contribution is 2.25. The van der Waals surface area contributed by atoms with Crippen LogP contribution in [0.4, 0.5) is 10.1 Å². The van der Waals surface area contributed by atoms with Crippen molar-refractivity contribution in [2.45, 2.75) is 13.5 Å². The van der Waals surface area contributed by atoms with Crippen molar-refractivity contribution < 1.29 is 9.18 Å². The second kappa shape index (κ2) is 6.18. The number of Topliss-reactive ketones (excluding diaryl/α,β-unsaturated/α-hetero) is 1. The van der Waals surface area contributed by atoms with Crippen molar-refractivity contribution in [3.05, 3.63) is 63.9 Å². The van der Waals surface area contributed by atoms with Crippen LogP contribution in [0.25, 0.3) is 0 Å². The summed E-state index contributed by atoms with van der Waals surface area (Å²) in [6.07, 6.45) is 0. The van der Waals surface area contributed by atoms with Crippen LogP contribution in [0.3, 0.4) is 0 Å². The van der Waals surface area contributed by atoms with E-state index in [0.717, 1.165) is 10.2 Å². The molecule has 0 spiro atoms. The molecular formula is C16H15BrFNO. The predicted octanol–water partition coefficient (Wildman–Crippen LogP) is 4.43. The third-order valence-corrected chi connectivity index (χ3v) is 3.79. The van der Waals surface area contributed by atoms with Gasteiger partial charge in [-0.15, -0.1) is 0 Å². The predicted molar refractivity (Wildman–Crippen MR) is 82.7 cm³/mol.